The van der Waals surface area contributed by atoms with Crippen molar-refractivity contribution in [2.45, 2.75) is 33.2 Å². The van der Waals surface area contributed by atoms with Crippen molar-refractivity contribution in [2.24, 2.45) is 14.1 Å². The quantitative estimate of drug-likeness (QED) is 0.644. The minimum absolute atomic E-state index is 0.107. The van der Waals surface area contributed by atoms with Crippen LogP contribution < -0.4 is 11.2 Å². The molecule has 10 heteroatoms. The maximum atomic E-state index is 12.6. The Labute approximate surface area is 146 Å². The van der Waals surface area contributed by atoms with Crippen molar-refractivity contribution in [3.8, 4) is 0 Å². The van der Waals surface area contributed by atoms with Crippen molar-refractivity contribution in [1.82, 2.24) is 23.0 Å². The number of hydrogen-bond acceptors (Lipinski definition) is 5. The zero-order valence-electron chi connectivity index (χ0n) is 15.1. The summed E-state index contributed by atoms with van der Waals surface area (Å²) in [5.41, 5.74) is -0.457. The summed E-state index contributed by atoms with van der Waals surface area (Å²) in [6.07, 6.45) is 2.90. The van der Waals surface area contributed by atoms with Crippen LogP contribution in [0, 0.1) is 0 Å². The van der Waals surface area contributed by atoms with Gasteiger partial charge >= 0.3 is 5.69 Å². The van der Waals surface area contributed by atoms with E-state index in [1.54, 1.807) is 0 Å². The molecule has 0 atom stereocenters. The summed E-state index contributed by atoms with van der Waals surface area (Å²) in [4.78, 5) is 28.4. The third-order valence-corrected chi connectivity index (χ3v) is 6.00. The topological polar surface area (TPSA) is 99.2 Å². The van der Waals surface area contributed by atoms with E-state index in [4.69, 9.17) is 0 Å². The van der Waals surface area contributed by atoms with Crippen LogP contribution in [-0.4, -0.2) is 50.3 Å². The first kappa shape index (κ1) is 19.4. The van der Waals surface area contributed by atoms with Crippen LogP contribution in [0.4, 0.5) is 0 Å². The molecule has 0 radical (unpaired) electrons. The number of nitrogens with zero attached hydrogens (tertiary/aromatic N) is 5. The molecule has 0 bridgehead atoms. The molecule has 0 unspecified atom stereocenters. The van der Waals surface area contributed by atoms with Crippen molar-refractivity contribution in [3.63, 3.8) is 0 Å². The summed E-state index contributed by atoms with van der Waals surface area (Å²) in [6.45, 7) is 4.95. The van der Waals surface area contributed by atoms with Gasteiger partial charge in [-0.1, -0.05) is 13.8 Å². The van der Waals surface area contributed by atoms with Gasteiger partial charge in [0.1, 0.15) is 0 Å². The molecule has 0 aromatic carbocycles. The molecular weight excluding hydrogens is 346 g/mol. The average molecular weight is 371 g/mol. The Bertz CT molecular complexity index is 964. The van der Waals surface area contributed by atoms with E-state index in [0.717, 1.165) is 17.4 Å². The smallest absolute Gasteiger partial charge is 0.324 e. The third kappa shape index (κ3) is 3.69. The van der Waals surface area contributed by atoms with Gasteiger partial charge in [-0.05, 0) is 12.8 Å². The van der Waals surface area contributed by atoms with Gasteiger partial charge in [0.2, 0.25) is 10.0 Å². The molecule has 2 aromatic heterocycles. The monoisotopic (exact) mass is 371 g/mol. The van der Waals surface area contributed by atoms with Crippen LogP contribution in [0.25, 0.3) is 11.2 Å². The highest BCUT2D eigenvalue weighted by Gasteiger charge is 2.21. The molecule has 25 heavy (non-hydrogen) atoms. The van der Waals surface area contributed by atoms with Crippen molar-refractivity contribution < 1.29 is 8.42 Å². The van der Waals surface area contributed by atoms with Gasteiger partial charge in [0.25, 0.3) is 5.56 Å². The van der Waals surface area contributed by atoms with Crippen molar-refractivity contribution >= 4 is 21.2 Å². The molecule has 2 heterocycles. The first-order valence-electron chi connectivity index (χ1n) is 8.33. The van der Waals surface area contributed by atoms with Crippen molar-refractivity contribution in [1.29, 1.82) is 0 Å². The minimum Gasteiger partial charge on any atom is -0.324 e. The molecule has 0 aliphatic heterocycles. The molecule has 9 nitrogen and oxygen atoms in total. The molecule has 0 aliphatic rings. The second kappa shape index (κ2) is 7.52. The molecule has 0 saturated carbocycles. The van der Waals surface area contributed by atoms with E-state index >= 15 is 0 Å². The highest BCUT2D eigenvalue weighted by Crippen LogP contribution is 2.09. The Morgan fingerprint density at radius 3 is 2.24 bits per heavy atom. The van der Waals surface area contributed by atoms with Crippen molar-refractivity contribution in [2.75, 3.05) is 18.8 Å². The van der Waals surface area contributed by atoms with E-state index in [2.05, 4.69) is 4.98 Å². The lowest BCUT2D eigenvalue weighted by Crippen LogP contribution is -2.38. The second-order valence-electron chi connectivity index (χ2n) is 6.03. The number of sulfonamides is 1. The maximum absolute atomic E-state index is 12.6. The molecule has 0 saturated heterocycles. The van der Waals surface area contributed by atoms with Crippen LogP contribution in [0.5, 0.6) is 0 Å². The Balaban J connectivity index is 2.36. The Hall–Kier alpha value is -1.94. The van der Waals surface area contributed by atoms with E-state index in [1.165, 1.54) is 33.9 Å². The zero-order chi connectivity index (χ0) is 18.8. The van der Waals surface area contributed by atoms with Crippen molar-refractivity contribution in [3.05, 3.63) is 27.2 Å². The number of hydrogen-bond donors (Lipinski definition) is 0. The van der Waals surface area contributed by atoms with Gasteiger partial charge in [-0.2, -0.15) is 0 Å². The number of fused-ring (bicyclic) bond motifs is 1. The predicted octanol–water partition coefficient (Wildman–Crippen LogP) is -0.114. The van der Waals surface area contributed by atoms with Gasteiger partial charge in [0.05, 0.1) is 12.1 Å². The van der Waals surface area contributed by atoms with Crippen LogP contribution in [0.1, 0.15) is 26.7 Å². The third-order valence-electron chi connectivity index (χ3n) is 4.15. The Kier molecular flexibility index (Phi) is 5.83. The largest absolute Gasteiger partial charge is 0.332 e. The molecule has 0 aliphatic carbocycles. The fraction of sp³-hybridized carbons (Fsp3) is 0.667. The first-order valence-corrected chi connectivity index (χ1v) is 9.94. The van der Waals surface area contributed by atoms with E-state index in [0.29, 0.717) is 13.1 Å². The highest BCUT2D eigenvalue weighted by atomic mass is 32.2. The number of aromatic nitrogens is 4. The standard InChI is InChI=1S/C15H25N5O4S/c1-5-7-20(8-6-2)25(23,24)10-9-19-11-16-13-12(19)14(21)18(4)15(22)17(13)3/h11H,5-10H2,1-4H3. The SMILES string of the molecule is CCCN(CCC)S(=O)(=O)CCn1cnc2c1c(=O)n(C)c(=O)n2C. The fourth-order valence-electron chi connectivity index (χ4n) is 2.80. The Morgan fingerprint density at radius 2 is 1.68 bits per heavy atom. The summed E-state index contributed by atoms with van der Waals surface area (Å²) >= 11 is 0. The molecule has 2 aromatic rings. The van der Waals surface area contributed by atoms with E-state index < -0.39 is 21.3 Å². The zero-order valence-corrected chi connectivity index (χ0v) is 15.9. The van der Waals surface area contributed by atoms with Gasteiger partial charge in [-0.15, -0.1) is 0 Å². The number of rotatable bonds is 8. The normalized spacial score (nSPS) is 12.4. The van der Waals surface area contributed by atoms with Crippen LogP contribution in [0.2, 0.25) is 0 Å². The highest BCUT2D eigenvalue weighted by molar-refractivity contribution is 7.89. The molecule has 2 rings (SSSR count). The second-order valence-corrected chi connectivity index (χ2v) is 8.12. The van der Waals surface area contributed by atoms with Crippen LogP contribution in [0.3, 0.4) is 0 Å². The summed E-state index contributed by atoms with van der Waals surface area (Å²) < 4.78 is 30.4. The maximum Gasteiger partial charge on any atom is 0.332 e. The minimum atomic E-state index is -3.43. The summed E-state index contributed by atoms with van der Waals surface area (Å²) in [7, 11) is -0.504. The predicted molar refractivity (Wildman–Crippen MR) is 96.2 cm³/mol. The molecule has 0 spiro atoms. The van der Waals surface area contributed by atoms with Gasteiger partial charge in [-0.25, -0.2) is 22.5 Å². The van der Waals surface area contributed by atoms with Gasteiger partial charge in [-0.3, -0.25) is 13.9 Å². The fourth-order valence-corrected chi connectivity index (χ4v) is 4.41. The number of aryl methyl sites for hydroxylation is 2. The lowest BCUT2D eigenvalue weighted by Gasteiger charge is -2.21. The van der Waals surface area contributed by atoms with E-state index in [1.807, 2.05) is 13.8 Å². The van der Waals surface area contributed by atoms with Crippen LogP contribution in [0.15, 0.2) is 15.9 Å². The summed E-state index contributed by atoms with van der Waals surface area (Å²) in [6, 6.07) is 0. The lowest BCUT2D eigenvalue weighted by atomic mass is 10.4. The average Bonchev–Trinajstić information content (AvgIpc) is 3.00. The Morgan fingerprint density at radius 1 is 1.08 bits per heavy atom. The lowest BCUT2D eigenvalue weighted by molar-refractivity contribution is 0.408. The molecule has 0 fully saturated rings. The van der Waals surface area contributed by atoms with E-state index in [-0.39, 0.29) is 23.5 Å². The summed E-state index contributed by atoms with van der Waals surface area (Å²) in [5.74, 6) is -0.121. The van der Waals surface area contributed by atoms with Gasteiger partial charge < -0.3 is 4.57 Å². The molecular formula is C15H25N5O4S. The molecule has 0 amide bonds. The summed E-state index contributed by atoms with van der Waals surface area (Å²) in [5, 5.41) is 0. The van der Waals surface area contributed by atoms with Crippen LogP contribution >= 0.6 is 0 Å². The van der Waals surface area contributed by atoms with E-state index in [9.17, 15) is 18.0 Å². The molecule has 0 N–H and O–H groups in total. The van der Waals surface area contributed by atoms with Crippen LogP contribution in [-0.2, 0) is 30.7 Å². The van der Waals surface area contributed by atoms with Gasteiger partial charge in [0.15, 0.2) is 11.2 Å². The van der Waals surface area contributed by atoms with Gasteiger partial charge in [0, 0.05) is 33.7 Å². The molecule has 140 valence electrons. The first-order chi connectivity index (χ1) is 11.7. The number of imidazole rings is 1.